The van der Waals surface area contributed by atoms with Crippen molar-refractivity contribution in [3.63, 3.8) is 0 Å². The molecule has 38 heavy (non-hydrogen) atoms. The highest BCUT2D eigenvalue weighted by atomic mass is 16.5. The van der Waals surface area contributed by atoms with Gasteiger partial charge in [0.05, 0.1) is 42.0 Å². The van der Waals surface area contributed by atoms with E-state index in [-0.39, 0.29) is 23.8 Å². The first-order valence-corrected chi connectivity index (χ1v) is 13.3. The number of ketones is 1. The molecule has 4 heterocycles. The van der Waals surface area contributed by atoms with Crippen molar-refractivity contribution in [2.24, 2.45) is 5.92 Å². The number of aliphatic hydroxyl groups excluding tert-OH is 1. The van der Waals surface area contributed by atoms with Crippen molar-refractivity contribution in [2.75, 3.05) is 12.0 Å². The topological polar surface area (TPSA) is 111 Å². The molecule has 3 aromatic heterocycles. The van der Waals surface area contributed by atoms with Gasteiger partial charge in [-0.1, -0.05) is 6.42 Å². The summed E-state index contributed by atoms with van der Waals surface area (Å²) in [5.74, 6) is 0.694. The first-order valence-electron chi connectivity index (χ1n) is 13.3. The van der Waals surface area contributed by atoms with Crippen LogP contribution in [0.4, 0.5) is 10.5 Å². The van der Waals surface area contributed by atoms with E-state index < -0.39 is 12.2 Å². The molecule has 2 aliphatic rings. The second kappa shape index (κ2) is 9.54. The van der Waals surface area contributed by atoms with Crippen molar-refractivity contribution in [3.8, 4) is 0 Å². The van der Waals surface area contributed by atoms with Gasteiger partial charge >= 0.3 is 6.09 Å². The Kier molecular flexibility index (Phi) is 6.18. The molecule has 6 rings (SSSR count). The number of aromatic nitrogens is 3. The predicted molar refractivity (Wildman–Crippen MR) is 142 cm³/mol. The van der Waals surface area contributed by atoms with Crippen molar-refractivity contribution >= 4 is 39.6 Å². The molecule has 9 nitrogen and oxygen atoms in total. The lowest BCUT2D eigenvalue weighted by Gasteiger charge is -2.34. The molecule has 1 saturated carbocycles. The number of aryl methyl sites for hydroxylation is 1. The van der Waals surface area contributed by atoms with Gasteiger partial charge in [-0.05, 0) is 70.2 Å². The third-order valence-corrected chi connectivity index (χ3v) is 8.33. The van der Waals surface area contributed by atoms with Gasteiger partial charge in [0.25, 0.3) is 0 Å². The smallest absolute Gasteiger partial charge is 0.414 e. The Hall–Kier alpha value is -3.72. The van der Waals surface area contributed by atoms with E-state index in [2.05, 4.69) is 9.55 Å². The van der Waals surface area contributed by atoms with Gasteiger partial charge in [-0.25, -0.2) is 9.78 Å². The van der Waals surface area contributed by atoms with Gasteiger partial charge in [0.1, 0.15) is 11.6 Å². The van der Waals surface area contributed by atoms with E-state index in [1.165, 1.54) is 7.11 Å². The number of fused-ring (bicyclic) bond motifs is 4. The SMILES string of the molecule is COC(=O)N1c2ccc3c(nc([C@H](O)c4cc5ccoc5cn4)n3[C@@H]3CCC[C@@H](C(C)=O)C3)c2CC[C@@H]1C. The number of nitrogens with zero attached hydrogens (tertiary/aromatic N) is 4. The van der Waals surface area contributed by atoms with Crippen LogP contribution in [0.3, 0.4) is 0 Å². The van der Waals surface area contributed by atoms with Crippen LogP contribution >= 0.6 is 0 Å². The molecule has 0 radical (unpaired) electrons. The summed E-state index contributed by atoms with van der Waals surface area (Å²) in [6.07, 6.45) is 6.70. The number of amides is 1. The van der Waals surface area contributed by atoms with Crippen LogP contribution in [0.1, 0.15) is 75.2 Å². The third kappa shape index (κ3) is 3.96. The molecule has 1 N–H and O–H groups in total. The number of hydrogen-bond acceptors (Lipinski definition) is 7. The Labute approximate surface area is 220 Å². The highest BCUT2D eigenvalue weighted by Gasteiger charge is 2.35. The second-order valence-corrected chi connectivity index (χ2v) is 10.6. The lowest BCUT2D eigenvalue weighted by molar-refractivity contribution is -0.122. The molecule has 198 valence electrons. The van der Waals surface area contributed by atoms with E-state index in [9.17, 15) is 14.7 Å². The standard InChI is InChI=1S/C29H32N4O5/c1-16-7-8-21-23(32(16)29(36)37-3)9-10-24-26(21)31-28(33(24)20-6-4-5-18(13-20)17(2)34)27(35)22-14-19-11-12-38-25(19)15-30-22/h9-12,14-16,18,20,27,35H,4-8,13H2,1-3H3/t16-,18+,20+,27+/m0/s1. The molecule has 0 spiro atoms. The van der Waals surface area contributed by atoms with Crippen LogP contribution in [-0.4, -0.2) is 44.7 Å². The summed E-state index contributed by atoms with van der Waals surface area (Å²) >= 11 is 0. The fourth-order valence-electron chi connectivity index (χ4n) is 6.30. The summed E-state index contributed by atoms with van der Waals surface area (Å²) in [4.78, 5) is 36.2. The van der Waals surface area contributed by atoms with Crippen LogP contribution in [0.15, 0.2) is 41.1 Å². The van der Waals surface area contributed by atoms with Gasteiger partial charge in [0.2, 0.25) is 0 Å². The molecule has 1 aliphatic carbocycles. The molecule has 9 heteroatoms. The molecule has 1 aliphatic heterocycles. The van der Waals surface area contributed by atoms with Crippen molar-refractivity contribution < 1.29 is 23.8 Å². The number of pyridine rings is 1. The molecule has 4 atom stereocenters. The number of ether oxygens (including phenoxy) is 1. The van der Waals surface area contributed by atoms with E-state index in [0.717, 1.165) is 59.8 Å². The van der Waals surface area contributed by atoms with Crippen LogP contribution in [0.25, 0.3) is 22.0 Å². The van der Waals surface area contributed by atoms with Gasteiger partial charge in [-0.3, -0.25) is 14.7 Å². The monoisotopic (exact) mass is 516 g/mol. The van der Waals surface area contributed by atoms with Gasteiger partial charge < -0.3 is 18.8 Å². The number of methoxy groups -OCH3 is 1. The average molecular weight is 517 g/mol. The molecule has 1 aromatic carbocycles. The lowest BCUT2D eigenvalue weighted by Crippen LogP contribution is -2.42. The molecular formula is C29H32N4O5. The van der Waals surface area contributed by atoms with Crippen molar-refractivity contribution in [1.29, 1.82) is 0 Å². The fourth-order valence-corrected chi connectivity index (χ4v) is 6.30. The maximum Gasteiger partial charge on any atom is 0.414 e. The third-order valence-electron chi connectivity index (χ3n) is 8.33. The minimum absolute atomic E-state index is 0.0000955. The quantitative estimate of drug-likeness (QED) is 0.382. The van der Waals surface area contributed by atoms with Crippen molar-refractivity contribution in [2.45, 2.75) is 70.6 Å². The Morgan fingerprint density at radius 3 is 2.84 bits per heavy atom. The molecule has 1 fully saturated rings. The highest BCUT2D eigenvalue weighted by molar-refractivity contribution is 5.95. The number of furan rings is 1. The largest absolute Gasteiger partial charge is 0.463 e. The maximum atomic E-state index is 12.7. The zero-order valence-corrected chi connectivity index (χ0v) is 21.9. The van der Waals surface area contributed by atoms with Crippen molar-refractivity contribution in [1.82, 2.24) is 14.5 Å². The Morgan fingerprint density at radius 1 is 1.21 bits per heavy atom. The average Bonchev–Trinajstić information content (AvgIpc) is 3.56. The molecule has 0 saturated heterocycles. The number of Topliss-reactive ketones (excluding diaryl/α,β-unsaturated/α-hetero) is 1. The fraction of sp³-hybridized carbons (Fsp3) is 0.448. The summed E-state index contributed by atoms with van der Waals surface area (Å²) in [7, 11) is 1.39. The maximum absolute atomic E-state index is 12.7. The minimum Gasteiger partial charge on any atom is -0.463 e. The first kappa shape index (κ1) is 24.6. The summed E-state index contributed by atoms with van der Waals surface area (Å²) < 4.78 is 12.6. The van der Waals surface area contributed by atoms with Gasteiger partial charge in [-0.2, -0.15) is 0 Å². The number of carbonyl (C=O) groups excluding carboxylic acids is 2. The number of anilines is 1. The van der Waals surface area contributed by atoms with Crippen LogP contribution in [0, 0.1) is 5.92 Å². The lowest BCUT2D eigenvalue weighted by atomic mass is 9.83. The summed E-state index contributed by atoms with van der Waals surface area (Å²) in [6.45, 7) is 3.68. The zero-order chi connectivity index (χ0) is 26.6. The van der Waals surface area contributed by atoms with Gasteiger partial charge in [-0.15, -0.1) is 0 Å². The van der Waals surface area contributed by atoms with Crippen LogP contribution in [0.5, 0.6) is 0 Å². The highest BCUT2D eigenvalue weighted by Crippen LogP contribution is 2.42. The van der Waals surface area contributed by atoms with Gasteiger partial charge in [0.15, 0.2) is 11.7 Å². The second-order valence-electron chi connectivity index (χ2n) is 10.6. The minimum atomic E-state index is -1.07. The molecule has 0 unspecified atom stereocenters. The molecular weight excluding hydrogens is 484 g/mol. The van der Waals surface area contributed by atoms with E-state index in [1.54, 1.807) is 24.3 Å². The zero-order valence-electron chi connectivity index (χ0n) is 21.9. The van der Waals surface area contributed by atoms with E-state index in [4.69, 9.17) is 14.1 Å². The number of rotatable bonds is 4. The van der Waals surface area contributed by atoms with E-state index in [1.807, 2.05) is 31.2 Å². The Balaban J connectivity index is 1.53. The molecule has 4 aromatic rings. The summed E-state index contributed by atoms with van der Waals surface area (Å²) in [5, 5.41) is 12.5. The number of hydrogen-bond donors (Lipinski definition) is 1. The predicted octanol–water partition coefficient (Wildman–Crippen LogP) is 5.49. The van der Waals surface area contributed by atoms with Gasteiger partial charge in [0, 0.05) is 29.0 Å². The normalized spacial score (nSPS) is 22.4. The number of aliphatic hydroxyl groups is 1. The summed E-state index contributed by atoms with van der Waals surface area (Å²) in [5.41, 5.74) is 4.56. The number of imidazole rings is 1. The van der Waals surface area contributed by atoms with Crippen LogP contribution in [0.2, 0.25) is 0 Å². The van der Waals surface area contributed by atoms with Crippen LogP contribution < -0.4 is 4.90 Å². The van der Waals surface area contributed by atoms with E-state index >= 15 is 0 Å². The molecule has 1 amide bonds. The first-order chi connectivity index (χ1) is 18.4. The van der Waals surface area contributed by atoms with Crippen LogP contribution in [-0.2, 0) is 16.0 Å². The number of carbonyl (C=O) groups is 2. The van der Waals surface area contributed by atoms with E-state index in [0.29, 0.717) is 23.5 Å². The number of benzene rings is 1. The molecule has 0 bridgehead atoms. The summed E-state index contributed by atoms with van der Waals surface area (Å²) in [6, 6.07) is 7.62. The van der Waals surface area contributed by atoms with Crippen molar-refractivity contribution in [3.05, 3.63) is 53.8 Å². The Morgan fingerprint density at radius 2 is 2.05 bits per heavy atom. The Bertz CT molecular complexity index is 1540.